The average molecular weight is 413 g/mol. The van der Waals surface area contributed by atoms with Crippen molar-refractivity contribution in [3.8, 4) is 5.75 Å². The fourth-order valence-electron chi connectivity index (χ4n) is 2.72. The lowest BCUT2D eigenvalue weighted by Gasteiger charge is -2.18. The van der Waals surface area contributed by atoms with Crippen LogP contribution in [0.2, 0.25) is 5.02 Å². The van der Waals surface area contributed by atoms with Gasteiger partial charge in [0.25, 0.3) is 0 Å². The summed E-state index contributed by atoms with van der Waals surface area (Å²) in [6, 6.07) is 16.3. The first-order valence-electron chi connectivity index (χ1n) is 9.04. The van der Waals surface area contributed by atoms with Crippen molar-refractivity contribution in [2.24, 2.45) is 5.41 Å². The van der Waals surface area contributed by atoms with Crippen molar-refractivity contribution in [2.75, 3.05) is 5.32 Å². The minimum Gasteiger partial charge on any atom is -0.487 e. The number of halogens is 1. The van der Waals surface area contributed by atoms with Gasteiger partial charge in [-0.2, -0.15) is 0 Å². The fraction of sp³-hybridized carbons (Fsp3) is 0.227. The number of ether oxygens (including phenoxy) is 1. The molecule has 0 spiro atoms. The molecular formula is C22H21ClN2O4. The summed E-state index contributed by atoms with van der Waals surface area (Å²) in [5.41, 5.74) is 0.938. The standard InChI is InChI=1S/C22H21ClN2O4/c1-22(2,21(27)28)12-20(26)25-16-4-3-5-18(11-16)29-13-17-9-7-14-6-8-15(23)10-19(14)24-17/h3-11H,12-13H2,1-2H3,(H,25,26)(H,27,28). The summed E-state index contributed by atoms with van der Waals surface area (Å²) in [6.45, 7) is 3.28. The van der Waals surface area contributed by atoms with E-state index in [1.54, 1.807) is 30.3 Å². The maximum absolute atomic E-state index is 12.1. The van der Waals surface area contributed by atoms with Crippen LogP contribution in [-0.4, -0.2) is 22.0 Å². The molecule has 0 aliphatic rings. The highest BCUT2D eigenvalue weighted by molar-refractivity contribution is 6.31. The van der Waals surface area contributed by atoms with Crippen molar-refractivity contribution in [1.82, 2.24) is 4.98 Å². The zero-order valence-electron chi connectivity index (χ0n) is 16.1. The van der Waals surface area contributed by atoms with Crippen LogP contribution in [0.25, 0.3) is 10.9 Å². The first-order chi connectivity index (χ1) is 13.7. The van der Waals surface area contributed by atoms with E-state index in [4.69, 9.17) is 21.4 Å². The van der Waals surface area contributed by atoms with Crippen molar-refractivity contribution in [1.29, 1.82) is 0 Å². The number of carbonyl (C=O) groups excluding carboxylic acids is 1. The number of hydrogen-bond acceptors (Lipinski definition) is 4. The first kappa shape index (κ1) is 20.6. The molecule has 1 aromatic heterocycles. The maximum atomic E-state index is 12.1. The SMILES string of the molecule is CC(C)(CC(=O)Nc1cccc(OCc2ccc3ccc(Cl)cc3n2)c1)C(=O)O. The van der Waals surface area contributed by atoms with Crippen molar-refractivity contribution >= 4 is 40.1 Å². The van der Waals surface area contributed by atoms with Crippen LogP contribution in [0.1, 0.15) is 26.0 Å². The number of benzene rings is 2. The number of nitrogens with one attached hydrogen (secondary N) is 1. The number of fused-ring (bicyclic) bond motifs is 1. The van der Waals surface area contributed by atoms with Gasteiger partial charge in [0.2, 0.25) is 5.91 Å². The third-order valence-electron chi connectivity index (χ3n) is 4.40. The van der Waals surface area contributed by atoms with Gasteiger partial charge < -0.3 is 15.2 Å². The Labute approximate surface area is 173 Å². The van der Waals surface area contributed by atoms with Gasteiger partial charge in [0.1, 0.15) is 12.4 Å². The maximum Gasteiger partial charge on any atom is 0.309 e. The van der Waals surface area contributed by atoms with Crippen LogP contribution in [0.5, 0.6) is 5.75 Å². The van der Waals surface area contributed by atoms with Crippen molar-refractivity contribution < 1.29 is 19.4 Å². The zero-order valence-corrected chi connectivity index (χ0v) is 16.9. The summed E-state index contributed by atoms with van der Waals surface area (Å²) in [4.78, 5) is 27.9. The lowest BCUT2D eigenvalue weighted by atomic mass is 9.89. The Morgan fingerprint density at radius 2 is 1.90 bits per heavy atom. The number of pyridine rings is 1. The highest BCUT2D eigenvalue weighted by Gasteiger charge is 2.30. The van der Waals surface area contributed by atoms with E-state index in [0.29, 0.717) is 16.5 Å². The molecule has 0 saturated heterocycles. The highest BCUT2D eigenvalue weighted by atomic mass is 35.5. The van der Waals surface area contributed by atoms with E-state index in [1.165, 1.54) is 13.8 Å². The summed E-state index contributed by atoms with van der Waals surface area (Å²) >= 11 is 6.02. The number of anilines is 1. The molecule has 2 aromatic carbocycles. The molecule has 3 aromatic rings. The van der Waals surface area contributed by atoms with E-state index in [1.807, 2.05) is 24.3 Å². The molecule has 0 bridgehead atoms. The van der Waals surface area contributed by atoms with Crippen LogP contribution in [-0.2, 0) is 16.2 Å². The molecule has 0 unspecified atom stereocenters. The molecule has 0 radical (unpaired) electrons. The van der Waals surface area contributed by atoms with Gasteiger partial charge in [-0.05, 0) is 44.2 Å². The fourth-order valence-corrected chi connectivity index (χ4v) is 2.88. The van der Waals surface area contributed by atoms with Crippen LogP contribution in [0.15, 0.2) is 54.6 Å². The number of aromatic nitrogens is 1. The van der Waals surface area contributed by atoms with Gasteiger partial charge in [-0.25, -0.2) is 4.98 Å². The molecule has 0 atom stereocenters. The Bertz CT molecular complexity index is 1070. The van der Waals surface area contributed by atoms with Crippen molar-refractivity contribution in [3.63, 3.8) is 0 Å². The second kappa shape index (κ2) is 8.49. The molecule has 0 saturated carbocycles. The molecule has 1 heterocycles. The van der Waals surface area contributed by atoms with Gasteiger partial charge in [0.15, 0.2) is 0 Å². The lowest BCUT2D eigenvalue weighted by molar-refractivity contribution is -0.148. The monoisotopic (exact) mass is 412 g/mol. The average Bonchev–Trinajstić information content (AvgIpc) is 2.65. The molecule has 0 fully saturated rings. The number of nitrogens with zero attached hydrogens (tertiary/aromatic N) is 1. The van der Waals surface area contributed by atoms with Crippen molar-refractivity contribution in [2.45, 2.75) is 26.9 Å². The number of rotatable bonds is 7. The quantitative estimate of drug-likeness (QED) is 0.575. The molecule has 6 nitrogen and oxygen atoms in total. The predicted octanol–water partition coefficient (Wildman–Crippen LogP) is 4.91. The van der Waals surface area contributed by atoms with Crippen molar-refractivity contribution in [3.05, 3.63) is 65.3 Å². The number of amides is 1. The summed E-state index contributed by atoms with van der Waals surface area (Å²) in [5.74, 6) is -0.829. The highest BCUT2D eigenvalue weighted by Crippen LogP contribution is 2.24. The second-order valence-corrected chi connectivity index (χ2v) is 7.81. The Kier molecular flexibility index (Phi) is 6.03. The van der Waals surface area contributed by atoms with Gasteiger partial charge in [-0.15, -0.1) is 0 Å². The molecular weight excluding hydrogens is 392 g/mol. The van der Waals surface area contributed by atoms with Gasteiger partial charge in [-0.1, -0.05) is 29.8 Å². The predicted molar refractivity (Wildman–Crippen MR) is 112 cm³/mol. The molecule has 0 aliphatic carbocycles. The smallest absolute Gasteiger partial charge is 0.309 e. The second-order valence-electron chi connectivity index (χ2n) is 7.37. The summed E-state index contributed by atoms with van der Waals surface area (Å²) in [6.07, 6.45) is -0.128. The van der Waals surface area contributed by atoms with Crippen LogP contribution in [0.3, 0.4) is 0 Å². The first-order valence-corrected chi connectivity index (χ1v) is 9.42. The summed E-state index contributed by atoms with van der Waals surface area (Å²) in [7, 11) is 0. The minimum absolute atomic E-state index is 0.128. The molecule has 0 aliphatic heterocycles. The number of hydrogen-bond donors (Lipinski definition) is 2. The molecule has 29 heavy (non-hydrogen) atoms. The molecule has 150 valence electrons. The van der Waals surface area contributed by atoms with Crippen LogP contribution >= 0.6 is 11.6 Å². The number of carbonyl (C=O) groups is 2. The number of carboxylic acids is 1. The Morgan fingerprint density at radius 3 is 2.66 bits per heavy atom. The van der Waals surface area contributed by atoms with E-state index < -0.39 is 11.4 Å². The molecule has 1 amide bonds. The Balaban J connectivity index is 1.64. The van der Waals surface area contributed by atoms with E-state index in [2.05, 4.69) is 10.3 Å². The Morgan fingerprint density at radius 1 is 1.14 bits per heavy atom. The van der Waals surface area contributed by atoms with E-state index >= 15 is 0 Å². The molecule has 7 heteroatoms. The zero-order chi connectivity index (χ0) is 21.0. The third-order valence-corrected chi connectivity index (χ3v) is 4.63. The van der Waals surface area contributed by atoms with E-state index in [0.717, 1.165) is 16.6 Å². The van der Waals surface area contributed by atoms with Gasteiger partial charge in [0.05, 0.1) is 16.6 Å². The van der Waals surface area contributed by atoms with Gasteiger partial charge >= 0.3 is 5.97 Å². The number of carboxylic acid groups (broad SMARTS) is 1. The summed E-state index contributed by atoms with van der Waals surface area (Å²) < 4.78 is 5.79. The normalized spacial score (nSPS) is 11.3. The van der Waals surface area contributed by atoms with E-state index in [-0.39, 0.29) is 18.9 Å². The lowest BCUT2D eigenvalue weighted by Crippen LogP contribution is -2.29. The van der Waals surface area contributed by atoms with E-state index in [9.17, 15) is 9.59 Å². The van der Waals surface area contributed by atoms with Crippen LogP contribution < -0.4 is 10.1 Å². The van der Waals surface area contributed by atoms with Crippen LogP contribution in [0, 0.1) is 5.41 Å². The third kappa shape index (κ3) is 5.45. The number of aliphatic carboxylic acids is 1. The van der Waals surface area contributed by atoms with Gasteiger partial charge in [0, 0.05) is 28.6 Å². The molecule has 2 N–H and O–H groups in total. The Hall–Kier alpha value is -3.12. The van der Waals surface area contributed by atoms with Gasteiger partial charge in [-0.3, -0.25) is 9.59 Å². The summed E-state index contributed by atoms with van der Waals surface area (Å²) in [5, 5.41) is 13.5. The van der Waals surface area contributed by atoms with Crippen LogP contribution in [0.4, 0.5) is 5.69 Å². The minimum atomic E-state index is -1.14. The topological polar surface area (TPSA) is 88.5 Å². The molecule has 3 rings (SSSR count). The largest absolute Gasteiger partial charge is 0.487 e.